The first-order chi connectivity index (χ1) is 8.58. The number of thioether (sulfide) groups is 1. The molecule has 0 atom stereocenters. The molecular weight excluding hydrogens is 256 g/mol. The highest BCUT2D eigenvalue weighted by Gasteiger charge is 2.08. The number of rotatable bonds is 3. The molecule has 0 aliphatic rings. The first kappa shape index (κ1) is 12.8. The normalized spacial score (nSPS) is 10.9. The van der Waals surface area contributed by atoms with Crippen molar-refractivity contribution in [1.82, 2.24) is 9.97 Å². The van der Waals surface area contributed by atoms with Crippen molar-refractivity contribution in [3.63, 3.8) is 0 Å². The Kier molecular flexibility index (Phi) is 3.76. The molecule has 0 radical (unpaired) electrons. The van der Waals surface area contributed by atoms with Crippen LogP contribution >= 0.6 is 11.8 Å². The fraction of sp³-hybridized carbons (Fsp3) is 0.167. The Hall–Kier alpha value is -1.69. The quantitative estimate of drug-likeness (QED) is 0.866. The first-order valence-corrected chi connectivity index (χ1v) is 6.08. The molecule has 0 saturated carbocycles. The van der Waals surface area contributed by atoms with E-state index in [0.29, 0.717) is 22.5 Å². The van der Waals surface area contributed by atoms with Crippen LogP contribution in [0.25, 0.3) is 11.3 Å². The lowest BCUT2D eigenvalue weighted by Gasteiger charge is -2.07. The molecule has 0 saturated heterocycles. The fourth-order valence-corrected chi connectivity index (χ4v) is 2.05. The highest BCUT2D eigenvalue weighted by molar-refractivity contribution is 7.99. The summed E-state index contributed by atoms with van der Waals surface area (Å²) < 4.78 is 24.4. The van der Waals surface area contributed by atoms with Crippen LogP contribution in [0, 0.1) is 6.92 Å². The summed E-state index contributed by atoms with van der Waals surface area (Å²) in [7, 11) is 0. The second-order valence-corrected chi connectivity index (χ2v) is 4.70. The number of anilines is 1. The number of hydrogen-bond donors (Lipinski definition) is 1. The van der Waals surface area contributed by atoms with Crippen LogP contribution in [0.5, 0.6) is 0 Å². The number of nitrogens with two attached hydrogens (primary N) is 1. The summed E-state index contributed by atoms with van der Waals surface area (Å²) >= 11 is 0.519. The zero-order valence-electron chi connectivity index (χ0n) is 9.60. The van der Waals surface area contributed by atoms with Crippen molar-refractivity contribution in [3.8, 4) is 11.3 Å². The lowest BCUT2D eigenvalue weighted by atomic mass is 10.1. The van der Waals surface area contributed by atoms with E-state index in [2.05, 4.69) is 9.97 Å². The van der Waals surface area contributed by atoms with E-state index in [1.165, 1.54) is 6.33 Å². The Morgan fingerprint density at radius 2 is 1.83 bits per heavy atom. The van der Waals surface area contributed by atoms with E-state index in [0.717, 1.165) is 16.8 Å². The maximum Gasteiger partial charge on any atom is 0.288 e. The van der Waals surface area contributed by atoms with Gasteiger partial charge in [0.2, 0.25) is 0 Å². The molecule has 2 N–H and O–H groups in total. The zero-order chi connectivity index (χ0) is 13.1. The number of alkyl halides is 2. The monoisotopic (exact) mass is 267 g/mol. The second kappa shape index (κ2) is 5.30. The molecule has 18 heavy (non-hydrogen) atoms. The molecule has 2 aromatic rings. The predicted molar refractivity (Wildman–Crippen MR) is 68.5 cm³/mol. The molecule has 0 aliphatic carbocycles. The maximum atomic E-state index is 12.2. The second-order valence-electron chi connectivity index (χ2n) is 3.64. The van der Waals surface area contributed by atoms with Crippen molar-refractivity contribution in [3.05, 3.63) is 36.2 Å². The molecule has 0 spiro atoms. The number of aromatic nitrogens is 2. The van der Waals surface area contributed by atoms with Crippen molar-refractivity contribution < 1.29 is 8.78 Å². The summed E-state index contributed by atoms with van der Waals surface area (Å²) in [6, 6.07) is 6.78. The Morgan fingerprint density at radius 3 is 2.44 bits per heavy atom. The summed E-state index contributed by atoms with van der Waals surface area (Å²) in [5.41, 5.74) is 8.04. The van der Waals surface area contributed by atoms with Gasteiger partial charge < -0.3 is 5.73 Å². The SMILES string of the molecule is Cc1c(N)ncnc1-c1ccc(SC(F)F)cc1. The van der Waals surface area contributed by atoms with Gasteiger partial charge in [-0.05, 0) is 19.1 Å². The minimum absolute atomic E-state index is 0.422. The van der Waals surface area contributed by atoms with Crippen molar-refractivity contribution in [2.75, 3.05) is 5.73 Å². The Bertz CT molecular complexity index is 544. The number of nitrogen functional groups attached to an aromatic ring is 1. The van der Waals surface area contributed by atoms with Crippen LogP contribution in [0.15, 0.2) is 35.5 Å². The molecule has 0 amide bonds. The molecule has 94 valence electrons. The van der Waals surface area contributed by atoms with E-state index >= 15 is 0 Å². The predicted octanol–water partition coefficient (Wildman–Crippen LogP) is 3.35. The van der Waals surface area contributed by atoms with Crippen molar-refractivity contribution >= 4 is 17.6 Å². The molecule has 0 bridgehead atoms. The van der Waals surface area contributed by atoms with Crippen molar-refractivity contribution in [1.29, 1.82) is 0 Å². The maximum absolute atomic E-state index is 12.2. The molecule has 0 aliphatic heterocycles. The van der Waals surface area contributed by atoms with Crippen LogP contribution in [-0.4, -0.2) is 15.7 Å². The smallest absolute Gasteiger partial charge is 0.288 e. The summed E-state index contributed by atoms with van der Waals surface area (Å²) in [6.07, 6.45) is 1.39. The van der Waals surface area contributed by atoms with Gasteiger partial charge >= 0.3 is 0 Å². The topological polar surface area (TPSA) is 51.8 Å². The van der Waals surface area contributed by atoms with Crippen molar-refractivity contribution in [2.24, 2.45) is 0 Å². The lowest BCUT2D eigenvalue weighted by molar-refractivity contribution is 0.252. The number of nitrogens with zero attached hydrogens (tertiary/aromatic N) is 2. The third-order valence-corrected chi connectivity index (χ3v) is 3.20. The highest BCUT2D eigenvalue weighted by Crippen LogP contribution is 2.29. The highest BCUT2D eigenvalue weighted by atomic mass is 32.2. The molecule has 1 heterocycles. The van der Waals surface area contributed by atoms with Gasteiger partial charge in [-0.3, -0.25) is 0 Å². The Morgan fingerprint density at radius 1 is 1.17 bits per heavy atom. The van der Waals surface area contributed by atoms with Gasteiger partial charge in [-0.1, -0.05) is 23.9 Å². The average Bonchev–Trinajstić information content (AvgIpc) is 2.33. The van der Waals surface area contributed by atoms with Crippen LogP contribution in [0.2, 0.25) is 0 Å². The van der Waals surface area contributed by atoms with Crippen LogP contribution < -0.4 is 5.73 Å². The van der Waals surface area contributed by atoms with Gasteiger partial charge in [0.1, 0.15) is 12.1 Å². The van der Waals surface area contributed by atoms with Crippen LogP contribution in [-0.2, 0) is 0 Å². The molecule has 6 heteroatoms. The average molecular weight is 267 g/mol. The minimum atomic E-state index is -2.41. The lowest BCUT2D eigenvalue weighted by Crippen LogP contribution is -1.98. The fourth-order valence-electron chi connectivity index (χ4n) is 1.55. The molecular formula is C12H11F2N3S. The molecule has 2 rings (SSSR count). The Labute approximate surface area is 107 Å². The van der Waals surface area contributed by atoms with Gasteiger partial charge in [-0.25, -0.2) is 9.97 Å². The molecule has 0 unspecified atom stereocenters. The van der Waals surface area contributed by atoms with E-state index in [9.17, 15) is 8.78 Å². The van der Waals surface area contributed by atoms with E-state index < -0.39 is 5.76 Å². The molecule has 1 aromatic carbocycles. The van der Waals surface area contributed by atoms with Gasteiger partial charge in [0.15, 0.2) is 0 Å². The number of benzene rings is 1. The standard InChI is InChI=1S/C12H11F2N3S/c1-7-10(16-6-17-11(7)15)8-2-4-9(5-3-8)18-12(13)14/h2-6,12H,1H3,(H2,15,16,17). The van der Waals surface area contributed by atoms with Crippen LogP contribution in [0.3, 0.4) is 0 Å². The van der Waals surface area contributed by atoms with Crippen molar-refractivity contribution in [2.45, 2.75) is 17.6 Å². The van der Waals surface area contributed by atoms with Crippen LogP contribution in [0.4, 0.5) is 14.6 Å². The molecule has 0 fully saturated rings. The summed E-state index contributed by atoms with van der Waals surface area (Å²) in [5, 5.41) is 0. The Balaban J connectivity index is 2.32. The van der Waals surface area contributed by atoms with Gasteiger partial charge in [-0.2, -0.15) is 8.78 Å². The van der Waals surface area contributed by atoms with Gasteiger partial charge in [0, 0.05) is 16.0 Å². The number of hydrogen-bond acceptors (Lipinski definition) is 4. The third-order valence-electron chi connectivity index (χ3n) is 2.48. The van der Waals surface area contributed by atoms with Gasteiger partial charge in [-0.15, -0.1) is 0 Å². The molecule has 1 aromatic heterocycles. The number of halogens is 2. The molecule has 3 nitrogen and oxygen atoms in total. The first-order valence-electron chi connectivity index (χ1n) is 5.20. The van der Waals surface area contributed by atoms with Gasteiger partial charge in [0.05, 0.1) is 5.69 Å². The van der Waals surface area contributed by atoms with E-state index in [4.69, 9.17) is 5.73 Å². The summed E-state index contributed by atoms with van der Waals surface area (Å²) in [4.78, 5) is 8.56. The van der Waals surface area contributed by atoms with E-state index in [1.54, 1.807) is 24.3 Å². The third kappa shape index (κ3) is 2.76. The zero-order valence-corrected chi connectivity index (χ0v) is 10.4. The van der Waals surface area contributed by atoms with Crippen LogP contribution in [0.1, 0.15) is 5.56 Å². The summed E-state index contributed by atoms with van der Waals surface area (Å²) in [6.45, 7) is 1.83. The summed E-state index contributed by atoms with van der Waals surface area (Å²) in [5.74, 6) is -1.99. The van der Waals surface area contributed by atoms with E-state index in [1.807, 2.05) is 6.92 Å². The van der Waals surface area contributed by atoms with Gasteiger partial charge in [0.25, 0.3) is 5.76 Å². The minimum Gasteiger partial charge on any atom is -0.383 e. The van der Waals surface area contributed by atoms with E-state index in [-0.39, 0.29) is 0 Å². The largest absolute Gasteiger partial charge is 0.383 e.